The first kappa shape index (κ1) is 32.1. The van der Waals surface area contributed by atoms with Crippen molar-refractivity contribution in [3.8, 4) is 56.8 Å². The van der Waals surface area contributed by atoms with E-state index in [-0.39, 0.29) is 0 Å². The smallest absolute Gasteiger partial charge is 0.164 e. The highest BCUT2D eigenvalue weighted by atomic mass is 32.1. The molecule has 0 spiro atoms. The molecule has 0 atom stereocenters. The lowest BCUT2D eigenvalue weighted by atomic mass is 10.0. The third-order valence-electron chi connectivity index (χ3n) is 10.6. The van der Waals surface area contributed by atoms with Crippen molar-refractivity contribution >= 4 is 85.1 Å². The molecule has 0 saturated carbocycles. The molecule has 0 bridgehead atoms. The van der Waals surface area contributed by atoms with E-state index in [2.05, 4.69) is 91.0 Å². The first-order chi connectivity index (χ1) is 28.2. The molecule has 0 N–H and O–H groups in total. The minimum Gasteiger partial charge on any atom is -0.456 e. The van der Waals surface area contributed by atoms with Gasteiger partial charge in [0.15, 0.2) is 23.3 Å². The molecule has 5 aromatic heterocycles. The fraction of sp³-hybridized carbons (Fsp3) is 0. The highest BCUT2D eigenvalue weighted by molar-refractivity contribution is 7.27. The van der Waals surface area contributed by atoms with Crippen LogP contribution in [0.2, 0.25) is 0 Å². The van der Waals surface area contributed by atoms with Crippen LogP contribution in [0.3, 0.4) is 0 Å². The molecule has 0 aliphatic heterocycles. The van der Waals surface area contributed by atoms with E-state index in [1.165, 1.54) is 24.9 Å². The summed E-state index contributed by atoms with van der Waals surface area (Å²) in [6, 6.07) is 56.1. The lowest BCUT2D eigenvalue weighted by Crippen LogP contribution is -2.00. The maximum atomic E-state index is 6.63. The molecule has 5 heterocycles. The van der Waals surface area contributed by atoms with Crippen LogP contribution in [0.4, 0.5) is 0 Å². The van der Waals surface area contributed by atoms with Crippen LogP contribution in [0.25, 0.3) is 119 Å². The van der Waals surface area contributed by atoms with E-state index in [1.54, 1.807) is 11.3 Å². The Labute approximate surface area is 333 Å². The van der Waals surface area contributed by atoms with Gasteiger partial charge >= 0.3 is 0 Å². The molecule has 266 valence electrons. The van der Waals surface area contributed by atoms with Crippen LogP contribution in [0, 0.1) is 0 Å². The van der Waals surface area contributed by atoms with Crippen molar-refractivity contribution in [3.05, 3.63) is 164 Å². The molecular formula is C49H27N5OS2. The van der Waals surface area contributed by atoms with Crippen LogP contribution in [0.5, 0.6) is 0 Å². The van der Waals surface area contributed by atoms with Crippen LogP contribution in [0.15, 0.2) is 168 Å². The number of fused-ring (bicyclic) bond motifs is 9. The van der Waals surface area contributed by atoms with E-state index >= 15 is 0 Å². The molecule has 12 rings (SSSR count). The Balaban J connectivity index is 1.05. The van der Waals surface area contributed by atoms with Gasteiger partial charge in [0, 0.05) is 68.8 Å². The number of aromatic nitrogens is 5. The first-order valence-corrected chi connectivity index (χ1v) is 20.3. The summed E-state index contributed by atoms with van der Waals surface area (Å²) in [6.07, 6.45) is 0. The van der Waals surface area contributed by atoms with Gasteiger partial charge in [-0.1, -0.05) is 133 Å². The maximum Gasteiger partial charge on any atom is 0.164 e. The van der Waals surface area contributed by atoms with Crippen molar-refractivity contribution in [3.63, 3.8) is 0 Å². The number of hydrogen-bond acceptors (Lipinski definition) is 8. The van der Waals surface area contributed by atoms with Crippen molar-refractivity contribution in [2.45, 2.75) is 0 Å². The first-order valence-electron chi connectivity index (χ1n) is 18.7. The fourth-order valence-corrected chi connectivity index (χ4v) is 10.3. The quantitative estimate of drug-likeness (QED) is 0.174. The second kappa shape index (κ2) is 12.7. The summed E-state index contributed by atoms with van der Waals surface area (Å²) in [4.78, 5) is 25.7. The summed E-state index contributed by atoms with van der Waals surface area (Å²) < 4.78 is 11.4. The topological polar surface area (TPSA) is 77.6 Å². The predicted molar refractivity (Wildman–Crippen MR) is 236 cm³/mol. The third kappa shape index (κ3) is 5.19. The molecule has 12 aromatic rings. The predicted octanol–water partition coefficient (Wildman–Crippen LogP) is 13.6. The van der Waals surface area contributed by atoms with Crippen molar-refractivity contribution in [1.29, 1.82) is 0 Å². The number of furan rings is 1. The lowest BCUT2D eigenvalue weighted by molar-refractivity contribution is 0.669. The summed E-state index contributed by atoms with van der Waals surface area (Å²) >= 11 is 3.57. The normalized spacial score (nSPS) is 11.9. The van der Waals surface area contributed by atoms with Crippen LogP contribution in [0.1, 0.15) is 0 Å². The molecule has 6 nitrogen and oxygen atoms in total. The van der Waals surface area contributed by atoms with E-state index in [1.807, 2.05) is 84.1 Å². The van der Waals surface area contributed by atoms with Gasteiger partial charge in [-0.3, -0.25) is 0 Å². The molecule has 8 heteroatoms. The summed E-state index contributed by atoms with van der Waals surface area (Å²) in [5.74, 6) is 2.46. The molecule has 0 aliphatic rings. The van der Waals surface area contributed by atoms with Gasteiger partial charge in [0.2, 0.25) is 0 Å². The van der Waals surface area contributed by atoms with Crippen molar-refractivity contribution in [2.75, 3.05) is 0 Å². The van der Waals surface area contributed by atoms with E-state index < -0.39 is 0 Å². The zero-order valence-electron chi connectivity index (χ0n) is 30.0. The Morgan fingerprint density at radius 1 is 0.368 bits per heavy atom. The number of nitrogens with zero attached hydrogens (tertiary/aromatic N) is 5. The molecule has 0 amide bonds. The van der Waals surface area contributed by atoms with Crippen LogP contribution < -0.4 is 0 Å². The van der Waals surface area contributed by atoms with Crippen LogP contribution >= 0.6 is 22.7 Å². The monoisotopic (exact) mass is 765 g/mol. The van der Waals surface area contributed by atoms with Gasteiger partial charge in [-0.2, -0.15) is 0 Å². The molecule has 57 heavy (non-hydrogen) atoms. The van der Waals surface area contributed by atoms with Gasteiger partial charge in [0.25, 0.3) is 0 Å². The standard InChI is InChI=1S/C49H27N5OS2/c1-3-13-28(14-4-1)46-52-47(29-15-5-2-6-16-29)54-49(53-46)35-20-12-22-37-41(35)33-26-25-30(27-38(33)55-37)48-50-42-34-18-8-10-24-40(34)57-45(42)43(51-48)36-21-11-19-32-31-17-7-9-23-39(31)56-44(32)36/h1-27H. The molecule has 7 aromatic carbocycles. The highest BCUT2D eigenvalue weighted by Gasteiger charge is 2.22. The van der Waals surface area contributed by atoms with Crippen LogP contribution in [-0.2, 0) is 0 Å². The Bertz CT molecular complexity index is 3480. The summed E-state index contributed by atoms with van der Waals surface area (Å²) in [6.45, 7) is 0. The van der Waals surface area contributed by atoms with Gasteiger partial charge in [0.05, 0.1) is 15.9 Å². The average molecular weight is 766 g/mol. The van der Waals surface area contributed by atoms with Gasteiger partial charge in [-0.15, -0.1) is 22.7 Å². The number of benzene rings is 7. The molecular weight excluding hydrogens is 739 g/mol. The number of rotatable bonds is 5. The second-order valence-corrected chi connectivity index (χ2v) is 16.1. The van der Waals surface area contributed by atoms with Gasteiger partial charge in [-0.25, -0.2) is 24.9 Å². The second-order valence-electron chi connectivity index (χ2n) is 14.0. The number of hydrogen-bond donors (Lipinski definition) is 0. The number of thiophene rings is 2. The zero-order chi connectivity index (χ0) is 37.5. The summed E-state index contributed by atoms with van der Waals surface area (Å²) in [5.41, 5.74) is 8.10. The van der Waals surface area contributed by atoms with Crippen molar-refractivity contribution in [1.82, 2.24) is 24.9 Å². The fourth-order valence-electron chi connectivity index (χ4n) is 7.92. The Hall–Kier alpha value is -7.13. The van der Waals surface area contributed by atoms with Gasteiger partial charge in [-0.05, 0) is 30.3 Å². The molecule has 0 radical (unpaired) electrons. The van der Waals surface area contributed by atoms with Crippen molar-refractivity contribution < 1.29 is 4.42 Å². The molecule has 0 saturated heterocycles. The van der Waals surface area contributed by atoms with E-state index in [0.29, 0.717) is 23.3 Å². The van der Waals surface area contributed by atoms with Crippen LogP contribution in [-0.4, -0.2) is 24.9 Å². The SMILES string of the molecule is c1ccc(-c2nc(-c3ccccc3)nc(-c3cccc4oc5cc(-c6nc(-c7cccc8c7sc7ccccc78)c7sc8ccccc8c7n6)ccc5c34)n2)cc1. The highest BCUT2D eigenvalue weighted by Crippen LogP contribution is 2.45. The largest absolute Gasteiger partial charge is 0.456 e. The third-order valence-corrected chi connectivity index (χ3v) is 13.0. The zero-order valence-corrected chi connectivity index (χ0v) is 31.7. The maximum absolute atomic E-state index is 6.63. The van der Waals surface area contributed by atoms with Crippen molar-refractivity contribution in [2.24, 2.45) is 0 Å². The van der Waals surface area contributed by atoms with Gasteiger partial charge in [0.1, 0.15) is 11.2 Å². The molecule has 0 fully saturated rings. The summed E-state index contributed by atoms with van der Waals surface area (Å²) in [5, 5.41) is 5.54. The van der Waals surface area contributed by atoms with E-state index in [0.717, 1.165) is 71.1 Å². The lowest BCUT2D eigenvalue weighted by Gasteiger charge is -2.09. The molecule has 0 aliphatic carbocycles. The Morgan fingerprint density at radius 3 is 1.74 bits per heavy atom. The molecule has 0 unspecified atom stereocenters. The minimum atomic E-state index is 0.582. The Kier molecular flexibility index (Phi) is 7.17. The summed E-state index contributed by atoms with van der Waals surface area (Å²) in [7, 11) is 0. The average Bonchev–Trinajstić information content (AvgIpc) is 3.98. The Morgan fingerprint density at radius 2 is 0.965 bits per heavy atom. The minimum absolute atomic E-state index is 0.582. The van der Waals surface area contributed by atoms with Gasteiger partial charge < -0.3 is 4.42 Å². The van der Waals surface area contributed by atoms with E-state index in [9.17, 15) is 0 Å². The van der Waals surface area contributed by atoms with E-state index in [4.69, 9.17) is 29.3 Å².